The standard InChI is InChI=1S/C57H32N4O2/c1-3-16-36-29-49-45(27-34(36)14-1)46-28-35-15-2-4-17-37(35)30-50(46)61(49)38-31-47-41-21-8-10-26-52(41)63-54(47)48(32-38)57-59-55(43-23-11-18-33-13-5-6-19-39(33)43)58-56(60-57)44-24-12-22-42-40-20-7-9-25-51(40)62-53(42)44/h1-32H. The van der Waals surface area contributed by atoms with Crippen LogP contribution >= 0.6 is 0 Å². The maximum absolute atomic E-state index is 6.84. The van der Waals surface area contributed by atoms with Crippen LogP contribution in [0.3, 0.4) is 0 Å². The Kier molecular flexibility index (Phi) is 7.02. The van der Waals surface area contributed by atoms with E-state index in [9.17, 15) is 0 Å². The summed E-state index contributed by atoms with van der Waals surface area (Å²) in [4.78, 5) is 16.1. The van der Waals surface area contributed by atoms with Crippen molar-refractivity contribution in [1.29, 1.82) is 0 Å². The quantitative estimate of drug-likeness (QED) is 0.177. The van der Waals surface area contributed by atoms with E-state index in [1.54, 1.807) is 0 Å². The smallest absolute Gasteiger partial charge is 0.167 e. The Morgan fingerprint density at radius 3 is 1.40 bits per heavy atom. The molecule has 0 aliphatic rings. The third kappa shape index (κ3) is 5.09. The summed E-state index contributed by atoms with van der Waals surface area (Å²) in [5, 5.41) is 13.3. The van der Waals surface area contributed by atoms with Crippen molar-refractivity contribution < 1.29 is 8.83 Å². The Hall–Kier alpha value is -8.61. The second-order valence-corrected chi connectivity index (χ2v) is 16.4. The Balaban J connectivity index is 1.11. The lowest BCUT2D eigenvalue weighted by atomic mass is 10.0. The molecule has 0 spiro atoms. The summed E-state index contributed by atoms with van der Waals surface area (Å²) in [7, 11) is 0. The number of fused-ring (bicyclic) bond motifs is 12. The topological polar surface area (TPSA) is 69.9 Å². The van der Waals surface area contributed by atoms with Crippen LogP contribution in [0.1, 0.15) is 0 Å². The van der Waals surface area contributed by atoms with E-state index in [2.05, 4.69) is 162 Å². The number of hydrogen-bond acceptors (Lipinski definition) is 5. The van der Waals surface area contributed by atoms with Crippen molar-refractivity contribution in [3.8, 4) is 39.9 Å². The largest absolute Gasteiger partial charge is 0.455 e. The lowest BCUT2D eigenvalue weighted by molar-refractivity contribution is 0.669. The molecule has 4 aromatic heterocycles. The summed E-state index contributed by atoms with van der Waals surface area (Å²) in [5.41, 5.74) is 8.70. The zero-order valence-electron chi connectivity index (χ0n) is 33.6. The number of benzene rings is 10. The maximum atomic E-state index is 6.84. The van der Waals surface area contributed by atoms with Crippen LogP contribution in [0.4, 0.5) is 0 Å². The van der Waals surface area contributed by atoms with E-state index >= 15 is 0 Å². The van der Waals surface area contributed by atoms with E-state index in [-0.39, 0.29) is 0 Å². The number of hydrogen-bond donors (Lipinski definition) is 0. The van der Waals surface area contributed by atoms with Gasteiger partial charge in [-0.25, -0.2) is 15.0 Å². The van der Waals surface area contributed by atoms with Crippen LogP contribution in [0.15, 0.2) is 203 Å². The lowest BCUT2D eigenvalue weighted by Crippen LogP contribution is -2.02. The van der Waals surface area contributed by atoms with Crippen molar-refractivity contribution in [2.24, 2.45) is 0 Å². The molecule has 63 heavy (non-hydrogen) atoms. The van der Waals surface area contributed by atoms with Crippen LogP contribution in [0, 0.1) is 0 Å². The zero-order valence-corrected chi connectivity index (χ0v) is 33.6. The van der Waals surface area contributed by atoms with Crippen LogP contribution in [-0.2, 0) is 0 Å². The molecule has 0 amide bonds. The first-order valence-electron chi connectivity index (χ1n) is 21.2. The zero-order chi connectivity index (χ0) is 41.2. The van der Waals surface area contributed by atoms with Crippen molar-refractivity contribution >= 4 is 98.0 Å². The average molecular weight is 805 g/mol. The molecule has 0 radical (unpaired) electrons. The van der Waals surface area contributed by atoms with E-state index in [1.807, 2.05) is 36.4 Å². The second-order valence-electron chi connectivity index (χ2n) is 16.4. The highest BCUT2D eigenvalue weighted by molar-refractivity contribution is 6.18. The van der Waals surface area contributed by atoms with Gasteiger partial charge < -0.3 is 13.4 Å². The van der Waals surface area contributed by atoms with Crippen LogP contribution in [0.25, 0.3) is 138 Å². The fraction of sp³-hybridized carbons (Fsp3) is 0. The fourth-order valence-electron chi connectivity index (χ4n) is 9.85. The monoisotopic (exact) mass is 804 g/mol. The first kappa shape index (κ1) is 34.1. The molecule has 14 aromatic rings. The molecule has 0 bridgehead atoms. The summed E-state index contributed by atoms with van der Waals surface area (Å²) >= 11 is 0. The highest BCUT2D eigenvalue weighted by atomic mass is 16.3. The second kappa shape index (κ2) is 12.9. The summed E-state index contributed by atoms with van der Waals surface area (Å²) in [5.74, 6) is 1.57. The van der Waals surface area contributed by atoms with Gasteiger partial charge in [0.15, 0.2) is 17.5 Å². The Labute approximate surface area is 358 Å². The van der Waals surface area contributed by atoms with Gasteiger partial charge in [0.1, 0.15) is 22.3 Å². The molecule has 0 unspecified atom stereocenters. The summed E-state index contributed by atoms with van der Waals surface area (Å²) < 4.78 is 15.8. The highest BCUT2D eigenvalue weighted by Crippen LogP contribution is 2.43. The number of para-hydroxylation sites is 3. The van der Waals surface area contributed by atoms with Gasteiger partial charge in [-0.1, -0.05) is 140 Å². The third-order valence-corrected chi connectivity index (χ3v) is 12.8. The molecule has 4 heterocycles. The molecule has 6 nitrogen and oxygen atoms in total. The minimum atomic E-state index is 0.499. The van der Waals surface area contributed by atoms with Gasteiger partial charge in [-0.2, -0.15) is 0 Å². The number of furan rings is 2. The van der Waals surface area contributed by atoms with Crippen LogP contribution in [0.2, 0.25) is 0 Å². The van der Waals surface area contributed by atoms with Crippen LogP contribution in [0.5, 0.6) is 0 Å². The summed E-state index contributed by atoms with van der Waals surface area (Å²) in [6, 6.07) is 68.2. The van der Waals surface area contributed by atoms with E-state index in [0.29, 0.717) is 23.1 Å². The van der Waals surface area contributed by atoms with Gasteiger partial charge in [0.25, 0.3) is 0 Å². The molecule has 10 aromatic carbocycles. The van der Waals surface area contributed by atoms with Gasteiger partial charge >= 0.3 is 0 Å². The minimum absolute atomic E-state index is 0.499. The van der Waals surface area contributed by atoms with Gasteiger partial charge in [-0.3, -0.25) is 0 Å². The minimum Gasteiger partial charge on any atom is -0.455 e. The summed E-state index contributed by atoms with van der Waals surface area (Å²) in [6.07, 6.45) is 0. The molecule has 14 rings (SSSR count). The number of aromatic nitrogens is 4. The molecular weight excluding hydrogens is 773 g/mol. The molecule has 0 atom stereocenters. The Morgan fingerprint density at radius 1 is 0.302 bits per heavy atom. The highest BCUT2D eigenvalue weighted by Gasteiger charge is 2.24. The molecule has 0 saturated carbocycles. The van der Waals surface area contributed by atoms with Crippen molar-refractivity contribution in [3.05, 3.63) is 194 Å². The van der Waals surface area contributed by atoms with Crippen molar-refractivity contribution in [2.75, 3.05) is 0 Å². The molecule has 0 fully saturated rings. The van der Waals surface area contributed by atoms with Crippen molar-refractivity contribution in [2.45, 2.75) is 0 Å². The van der Waals surface area contributed by atoms with E-state index in [4.69, 9.17) is 23.8 Å². The first-order valence-corrected chi connectivity index (χ1v) is 21.2. The Bertz CT molecular complexity index is 4130. The number of nitrogens with zero attached hydrogens (tertiary/aromatic N) is 4. The van der Waals surface area contributed by atoms with E-state index in [1.165, 1.54) is 32.3 Å². The number of rotatable bonds is 4. The van der Waals surface area contributed by atoms with Crippen molar-refractivity contribution in [1.82, 2.24) is 19.5 Å². The molecule has 6 heteroatoms. The normalized spacial score (nSPS) is 12.1. The van der Waals surface area contributed by atoms with Gasteiger partial charge in [0.2, 0.25) is 0 Å². The molecule has 0 aliphatic heterocycles. The maximum Gasteiger partial charge on any atom is 0.167 e. The SMILES string of the molecule is c1ccc2cc3c(cc2c1)c1cc2ccccc2cc1n3-c1cc(-c2nc(-c3cccc4ccccc34)nc(-c3cccc4c3oc3ccccc34)n2)c2oc3ccccc3c2c1. The third-order valence-electron chi connectivity index (χ3n) is 12.8. The van der Waals surface area contributed by atoms with Gasteiger partial charge in [0.05, 0.1) is 22.2 Å². The predicted molar refractivity (Wildman–Crippen MR) is 258 cm³/mol. The molecule has 0 aliphatic carbocycles. The lowest BCUT2D eigenvalue weighted by Gasteiger charge is -2.13. The van der Waals surface area contributed by atoms with Crippen LogP contribution < -0.4 is 0 Å². The predicted octanol–water partition coefficient (Wildman–Crippen LogP) is 15.2. The average Bonchev–Trinajstić information content (AvgIpc) is 4.01. The van der Waals surface area contributed by atoms with Gasteiger partial charge in [-0.15, -0.1) is 0 Å². The molecule has 0 N–H and O–H groups in total. The van der Waals surface area contributed by atoms with Gasteiger partial charge in [-0.05, 0) is 86.9 Å². The molecule has 292 valence electrons. The molecular formula is C57H32N4O2. The molecule has 0 saturated heterocycles. The Morgan fingerprint density at radius 2 is 0.746 bits per heavy atom. The van der Waals surface area contributed by atoms with E-state index in [0.717, 1.165) is 82.5 Å². The van der Waals surface area contributed by atoms with Gasteiger partial charge in [0, 0.05) is 43.6 Å². The van der Waals surface area contributed by atoms with Crippen LogP contribution in [-0.4, -0.2) is 19.5 Å². The van der Waals surface area contributed by atoms with Crippen molar-refractivity contribution in [3.63, 3.8) is 0 Å². The first-order chi connectivity index (χ1) is 31.2. The van der Waals surface area contributed by atoms with E-state index < -0.39 is 0 Å². The summed E-state index contributed by atoms with van der Waals surface area (Å²) in [6.45, 7) is 0. The fourth-order valence-corrected chi connectivity index (χ4v) is 9.85.